The van der Waals surface area contributed by atoms with Gasteiger partial charge in [-0.1, -0.05) is 18.2 Å². The molecule has 0 saturated carbocycles. The molecule has 1 heterocycles. The van der Waals surface area contributed by atoms with E-state index in [4.69, 9.17) is 4.74 Å². The molecule has 0 radical (unpaired) electrons. The second kappa shape index (κ2) is 10.5. The van der Waals surface area contributed by atoms with Crippen LogP contribution >= 0.6 is 0 Å². The van der Waals surface area contributed by atoms with Gasteiger partial charge in [0.05, 0.1) is 24.0 Å². The van der Waals surface area contributed by atoms with Gasteiger partial charge in [0, 0.05) is 25.2 Å². The van der Waals surface area contributed by atoms with E-state index in [2.05, 4.69) is 15.5 Å². The summed E-state index contributed by atoms with van der Waals surface area (Å²) in [5.41, 5.74) is 0.683. The normalized spacial score (nSPS) is 16.4. The second-order valence-electron chi connectivity index (χ2n) is 7.43. The number of amides is 2. The van der Waals surface area contributed by atoms with Crippen LogP contribution in [0, 0.1) is 16.0 Å². The third kappa shape index (κ3) is 6.26. The van der Waals surface area contributed by atoms with Crippen LogP contribution in [0.4, 0.5) is 17.1 Å². The number of methoxy groups -OCH3 is 1. The van der Waals surface area contributed by atoms with Crippen molar-refractivity contribution in [3.05, 3.63) is 58.6 Å². The zero-order chi connectivity index (χ0) is 22.2. The lowest BCUT2D eigenvalue weighted by Gasteiger charge is -2.31. The van der Waals surface area contributed by atoms with Crippen molar-refractivity contribution in [2.24, 2.45) is 5.92 Å². The number of likely N-dealkylation sites (tertiary alicyclic amines) is 1. The first-order valence-corrected chi connectivity index (χ1v) is 10.2. The van der Waals surface area contributed by atoms with Crippen LogP contribution < -0.4 is 15.4 Å². The summed E-state index contributed by atoms with van der Waals surface area (Å²) in [6, 6.07) is 13.6. The number of nitro groups is 1. The Morgan fingerprint density at radius 3 is 2.68 bits per heavy atom. The third-order valence-electron chi connectivity index (χ3n) is 5.25. The summed E-state index contributed by atoms with van der Waals surface area (Å²) in [6.45, 7) is 1.87. The minimum Gasteiger partial charge on any atom is -0.496 e. The summed E-state index contributed by atoms with van der Waals surface area (Å²) in [7, 11) is 1.42. The largest absolute Gasteiger partial charge is 0.496 e. The average molecular weight is 426 g/mol. The topological polar surface area (TPSA) is 114 Å². The van der Waals surface area contributed by atoms with Crippen molar-refractivity contribution in [2.45, 2.75) is 19.3 Å². The monoisotopic (exact) mass is 426 g/mol. The molecule has 1 aliphatic heterocycles. The lowest BCUT2D eigenvalue weighted by atomic mass is 9.97. The molecule has 9 nitrogen and oxygen atoms in total. The van der Waals surface area contributed by atoms with Crippen molar-refractivity contribution in [2.75, 3.05) is 37.4 Å². The van der Waals surface area contributed by atoms with E-state index >= 15 is 0 Å². The number of hydrogen-bond donors (Lipinski definition) is 2. The lowest BCUT2D eigenvalue weighted by Crippen LogP contribution is -2.41. The van der Waals surface area contributed by atoms with E-state index in [1.807, 2.05) is 30.3 Å². The fourth-order valence-electron chi connectivity index (χ4n) is 3.61. The standard InChI is InChI=1S/C22H26N4O5/c1-31-18-9-10-19(20(14-18)26(29)30)24-21(27)11-13-25-12-5-6-16(15-25)22(28)23-17-7-3-2-4-8-17/h2-4,7-10,14,16H,5-6,11-13,15H2,1H3,(H,23,28)(H,24,27)/t16-/m0/s1. The van der Waals surface area contributed by atoms with Gasteiger partial charge in [0.2, 0.25) is 11.8 Å². The number of anilines is 2. The molecule has 31 heavy (non-hydrogen) atoms. The predicted octanol–water partition coefficient (Wildman–Crippen LogP) is 3.28. The van der Waals surface area contributed by atoms with Gasteiger partial charge in [0.1, 0.15) is 11.4 Å². The quantitative estimate of drug-likeness (QED) is 0.495. The molecule has 3 rings (SSSR count). The fraction of sp³-hybridized carbons (Fsp3) is 0.364. The molecule has 0 bridgehead atoms. The summed E-state index contributed by atoms with van der Waals surface area (Å²) in [6.07, 6.45) is 1.86. The summed E-state index contributed by atoms with van der Waals surface area (Å²) in [5, 5.41) is 16.8. The van der Waals surface area contributed by atoms with E-state index < -0.39 is 4.92 Å². The molecule has 0 aromatic heterocycles. The van der Waals surface area contributed by atoms with Crippen LogP contribution in [0.25, 0.3) is 0 Å². The molecule has 1 fully saturated rings. The van der Waals surface area contributed by atoms with E-state index in [1.54, 1.807) is 6.07 Å². The maximum absolute atomic E-state index is 12.6. The molecule has 2 aromatic rings. The fourth-order valence-corrected chi connectivity index (χ4v) is 3.61. The van der Waals surface area contributed by atoms with Gasteiger partial charge in [0.15, 0.2) is 0 Å². The number of nitrogens with zero attached hydrogens (tertiary/aromatic N) is 2. The maximum atomic E-state index is 12.6. The smallest absolute Gasteiger partial charge is 0.296 e. The number of nitro benzene ring substituents is 1. The minimum atomic E-state index is -0.557. The highest BCUT2D eigenvalue weighted by atomic mass is 16.6. The number of carbonyl (C=O) groups is 2. The number of piperidine rings is 1. The molecule has 2 amide bonds. The van der Waals surface area contributed by atoms with Gasteiger partial charge >= 0.3 is 0 Å². The number of carbonyl (C=O) groups excluding carboxylic acids is 2. The Balaban J connectivity index is 1.51. The highest BCUT2D eigenvalue weighted by molar-refractivity contribution is 5.94. The molecule has 2 N–H and O–H groups in total. The Kier molecular flexibility index (Phi) is 7.55. The van der Waals surface area contributed by atoms with Gasteiger partial charge < -0.3 is 20.3 Å². The molecule has 9 heteroatoms. The molecular formula is C22H26N4O5. The van der Waals surface area contributed by atoms with Gasteiger partial charge in [0.25, 0.3) is 5.69 Å². The van der Waals surface area contributed by atoms with Crippen LogP contribution in [0.2, 0.25) is 0 Å². The highest BCUT2D eigenvalue weighted by Gasteiger charge is 2.26. The Morgan fingerprint density at radius 2 is 1.97 bits per heavy atom. The number of benzene rings is 2. The number of para-hydroxylation sites is 1. The Hall–Kier alpha value is -3.46. The molecule has 164 valence electrons. The zero-order valence-corrected chi connectivity index (χ0v) is 17.4. The minimum absolute atomic E-state index is 0.0193. The van der Waals surface area contributed by atoms with Crippen molar-refractivity contribution in [3.63, 3.8) is 0 Å². The zero-order valence-electron chi connectivity index (χ0n) is 17.4. The first-order chi connectivity index (χ1) is 15.0. The van der Waals surface area contributed by atoms with E-state index in [-0.39, 0.29) is 35.5 Å². The van der Waals surface area contributed by atoms with Crippen LogP contribution in [0.1, 0.15) is 19.3 Å². The van der Waals surface area contributed by atoms with Gasteiger partial charge in [-0.3, -0.25) is 19.7 Å². The van der Waals surface area contributed by atoms with Crippen molar-refractivity contribution < 1.29 is 19.2 Å². The summed E-state index contributed by atoms with van der Waals surface area (Å²) < 4.78 is 5.00. The Labute approximate surface area is 180 Å². The number of nitrogens with one attached hydrogen (secondary N) is 2. The van der Waals surface area contributed by atoms with Crippen LogP contribution in [0.15, 0.2) is 48.5 Å². The molecule has 0 aliphatic carbocycles. The maximum Gasteiger partial charge on any atom is 0.296 e. The molecule has 0 spiro atoms. The van der Waals surface area contributed by atoms with Crippen molar-refractivity contribution in [1.29, 1.82) is 0 Å². The van der Waals surface area contributed by atoms with Crippen LogP contribution in [-0.4, -0.2) is 48.4 Å². The van der Waals surface area contributed by atoms with Crippen LogP contribution in [-0.2, 0) is 9.59 Å². The van der Waals surface area contributed by atoms with Crippen molar-refractivity contribution >= 4 is 28.9 Å². The number of rotatable bonds is 8. The van der Waals surface area contributed by atoms with Gasteiger partial charge in [-0.2, -0.15) is 0 Å². The van der Waals surface area contributed by atoms with E-state index in [9.17, 15) is 19.7 Å². The average Bonchev–Trinajstić information content (AvgIpc) is 2.78. The summed E-state index contributed by atoms with van der Waals surface area (Å²) in [5.74, 6) is -0.129. The Bertz CT molecular complexity index is 935. The molecule has 1 aliphatic rings. The van der Waals surface area contributed by atoms with Crippen LogP contribution in [0.3, 0.4) is 0 Å². The van der Waals surface area contributed by atoms with Crippen LogP contribution in [0.5, 0.6) is 5.75 Å². The first kappa shape index (κ1) is 22.2. The second-order valence-corrected chi connectivity index (χ2v) is 7.43. The van der Waals surface area contributed by atoms with Crippen molar-refractivity contribution in [1.82, 2.24) is 4.90 Å². The summed E-state index contributed by atoms with van der Waals surface area (Å²) in [4.78, 5) is 37.7. The predicted molar refractivity (Wildman–Crippen MR) is 117 cm³/mol. The van der Waals surface area contributed by atoms with E-state index in [1.165, 1.54) is 19.2 Å². The molecular weight excluding hydrogens is 400 g/mol. The van der Waals surface area contributed by atoms with Gasteiger partial charge in [-0.25, -0.2) is 0 Å². The molecule has 0 unspecified atom stereocenters. The Morgan fingerprint density at radius 1 is 1.19 bits per heavy atom. The number of hydrogen-bond acceptors (Lipinski definition) is 6. The van der Waals surface area contributed by atoms with E-state index in [0.717, 1.165) is 25.1 Å². The van der Waals surface area contributed by atoms with Crippen molar-refractivity contribution in [3.8, 4) is 5.75 Å². The van der Waals surface area contributed by atoms with Gasteiger partial charge in [-0.05, 0) is 43.7 Å². The summed E-state index contributed by atoms with van der Waals surface area (Å²) >= 11 is 0. The number of ether oxygens (including phenoxy) is 1. The third-order valence-corrected chi connectivity index (χ3v) is 5.25. The SMILES string of the molecule is COc1ccc(NC(=O)CCN2CCC[C@H](C(=O)Nc3ccccc3)C2)c([N+](=O)[O-])c1. The molecule has 2 aromatic carbocycles. The van der Waals surface area contributed by atoms with Gasteiger partial charge in [-0.15, -0.1) is 0 Å². The molecule has 1 saturated heterocycles. The van der Waals surface area contributed by atoms with E-state index in [0.29, 0.717) is 18.8 Å². The molecule has 1 atom stereocenters. The lowest BCUT2D eigenvalue weighted by molar-refractivity contribution is -0.384. The highest BCUT2D eigenvalue weighted by Crippen LogP contribution is 2.29. The first-order valence-electron chi connectivity index (χ1n) is 10.2.